The summed E-state index contributed by atoms with van der Waals surface area (Å²) in [4.78, 5) is 15.0. The summed E-state index contributed by atoms with van der Waals surface area (Å²) < 4.78 is 1.95. The molecular weight excluding hydrogens is 322 g/mol. The summed E-state index contributed by atoms with van der Waals surface area (Å²) in [5, 5.41) is 4.72. The van der Waals surface area contributed by atoms with Gasteiger partial charge in [-0.15, -0.1) is 0 Å². The van der Waals surface area contributed by atoms with Crippen molar-refractivity contribution in [1.29, 1.82) is 0 Å². The molecule has 1 heterocycles. The Morgan fingerprint density at radius 3 is 2.38 bits per heavy atom. The van der Waals surface area contributed by atoms with Crippen LogP contribution in [-0.4, -0.2) is 27.6 Å². The maximum absolute atomic E-state index is 13.2. The van der Waals surface area contributed by atoms with Gasteiger partial charge in [0.05, 0.1) is 11.7 Å². The van der Waals surface area contributed by atoms with Crippen LogP contribution >= 0.6 is 0 Å². The molecule has 0 bridgehead atoms. The lowest BCUT2D eigenvalue weighted by Gasteiger charge is -2.25. The third-order valence-electron chi connectivity index (χ3n) is 5.32. The second-order valence-electron chi connectivity index (χ2n) is 6.88. The van der Waals surface area contributed by atoms with Crippen LogP contribution in [0.1, 0.15) is 46.7 Å². The molecule has 132 valence electrons. The van der Waals surface area contributed by atoms with E-state index in [4.69, 9.17) is 5.10 Å². The zero-order chi connectivity index (χ0) is 18.1. The molecule has 3 aromatic rings. The van der Waals surface area contributed by atoms with Gasteiger partial charge in [-0.05, 0) is 43.9 Å². The van der Waals surface area contributed by atoms with Gasteiger partial charge < -0.3 is 4.90 Å². The molecule has 0 N–H and O–H groups in total. The summed E-state index contributed by atoms with van der Waals surface area (Å²) in [5.74, 6) is -0.00539. The first kappa shape index (κ1) is 16.6. The highest BCUT2D eigenvalue weighted by atomic mass is 16.2. The summed E-state index contributed by atoms with van der Waals surface area (Å²) in [6, 6.07) is 20.2. The molecule has 1 amide bonds. The standard InChI is InChI=1S/C22H23N3O/c1-16(17-10-5-3-6-11-17)24(2)22(26)21-19-14-9-15-20(19)25(23-21)18-12-7-4-8-13-18/h3-8,10-13,16H,9,14-15H2,1-2H3/t16-/m1/s1. The summed E-state index contributed by atoms with van der Waals surface area (Å²) >= 11 is 0. The number of benzene rings is 2. The molecule has 2 aromatic carbocycles. The smallest absolute Gasteiger partial charge is 0.274 e. The van der Waals surface area contributed by atoms with Crippen molar-refractivity contribution in [2.24, 2.45) is 0 Å². The van der Waals surface area contributed by atoms with Gasteiger partial charge in [-0.25, -0.2) is 4.68 Å². The van der Waals surface area contributed by atoms with Crippen LogP contribution in [0.3, 0.4) is 0 Å². The first-order chi connectivity index (χ1) is 12.7. The van der Waals surface area contributed by atoms with Crippen LogP contribution in [0.4, 0.5) is 0 Å². The largest absolute Gasteiger partial charge is 0.334 e. The molecule has 0 radical (unpaired) electrons. The Kier molecular flexibility index (Phi) is 4.33. The van der Waals surface area contributed by atoms with Gasteiger partial charge in [0.1, 0.15) is 0 Å². The Morgan fingerprint density at radius 2 is 1.69 bits per heavy atom. The molecule has 1 atom stereocenters. The molecule has 4 rings (SSSR count). The van der Waals surface area contributed by atoms with E-state index in [1.165, 1.54) is 5.69 Å². The van der Waals surface area contributed by atoms with Gasteiger partial charge >= 0.3 is 0 Å². The molecule has 1 aromatic heterocycles. The van der Waals surface area contributed by atoms with Crippen LogP contribution in [-0.2, 0) is 12.8 Å². The van der Waals surface area contributed by atoms with Crippen LogP contribution in [0.25, 0.3) is 5.69 Å². The summed E-state index contributed by atoms with van der Waals surface area (Å²) in [6.07, 6.45) is 2.98. The minimum atomic E-state index is -0.00539. The zero-order valence-corrected chi connectivity index (χ0v) is 15.2. The minimum Gasteiger partial charge on any atom is -0.334 e. The maximum Gasteiger partial charge on any atom is 0.274 e. The van der Waals surface area contributed by atoms with Gasteiger partial charge in [0, 0.05) is 18.3 Å². The quantitative estimate of drug-likeness (QED) is 0.711. The molecule has 1 aliphatic carbocycles. The van der Waals surface area contributed by atoms with Crippen molar-refractivity contribution < 1.29 is 4.79 Å². The Labute approximate surface area is 154 Å². The highest BCUT2D eigenvalue weighted by Gasteiger charge is 2.30. The fourth-order valence-corrected chi connectivity index (χ4v) is 3.69. The Hall–Kier alpha value is -2.88. The van der Waals surface area contributed by atoms with E-state index in [9.17, 15) is 4.79 Å². The molecule has 26 heavy (non-hydrogen) atoms. The van der Waals surface area contributed by atoms with E-state index in [1.807, 2.05) is 60.3 Å². The normalized spacial score (nSPS) is 14.1. The van der Waals surface area contributed by atoms with Gasteiger partial charge in [0.2, 0.25) is 0 Å². The first-order valence-electron chi connectivity index (χ1n) is 9.15. The summed E-state index contributed by atoms with van der Waals surface area (Å²) in [5.41, 5.74) is 5.05. The Balaban J connectivity index is 1.69. The SMILES string of the molecule is C[C@H](c1ccccc1)N(C)C(=O)c1nn(-c2ccccc2)c2c1CCC2. The Bertz CT molecular complexity index is 915. The maximum atomic E-state index is 13.2. The van der Waals surface area contributed by atoms with Crippen LogP contribution < -0.4 is 0 Å². The first-order valence-corrected chi connectivity index (χ1v) is 9.15. The summed E-state index contributed by atoms with van der Waals surface area (Å²) in [6.45, 7) is 2.06. The fourth-order valence-electron chi connectivity index (χ4n) is 3.69. The number of carbonyl (C=O) groups is 1. The summed E-state index contributed by atoms with van der Waals surface area (Å²) in [7, 11) is 1.86. The topological polar surface area (TPSA) is 38.1 Å². The average Bonchev–Trinajstić information content (AvgIpc) is 3.30. The predicted octanol–water partition coefficient (Wildman–Crippen LogP) is 4.19. The van der Waals surface area contributed by atoms with Gasteiger partial charge in [0.15, 0.2) is 5.69 Å². The van der Waals surface area contributed by atoms with Crippen molar-refractivity contribution in [2.45, 2.75) is 32.2 Å². The van der Waals surface area contributed by atoms with Crippen LogP contribution in [0, 0.1) is 0 Å². The molecule has 0 saturated carbocycles. The number of hydrogen-bond acceptors (Lipinski definition) is 2. The minimum absolute atomic E-state index is 0.00243. The number of rotatable bonds is 4. The number of nitrogens with zero attached hydrogens (tertiary/aromatic N) is 3. The monoisotopic (exact) mass is 345 g/mol. The number of aromatic nitrogens is 2. The van der Waals surface area contributed by atoms with Crippen LogP contribution in [0.15, 0.2) is 60.7 Å². The highest BCUT2D eigenvalue weighted by molar-refractivity contribution is 5.94. The van der Waals surface area contributed by atoms with E-state index in [-0.39, 0.29) is 11.9 Å². The van der Waals surface area contributed by atoms with Gasteiger partial charge in [-0.1, -0.05) is 48.5 Å². The van der Waals surface area contributed by atoms with Crippen LogP contribution in [0.2, 0.25) is 0 Å². The second-order valence-corrected chi connectivity index (χ2v) is 6.88. The number of carbonyl (C=O) groups excluding carboxylic acids is 1. The molecule has 0 spiro atoms. The van der Waals surface area contributed by atoms with Crippen molar-refractivity contribution in [1.82, 2.24) is 14.7 Å². The zero-order valence-electron chi connectivity index (χ0n) is 15.2. The highest BCUT2D eigenvalue weighted by Crippen LogP contribution is 2.30. The third kappa shape index (κ3) is 2.81. The fraction of sp³-hybridized carbons (Fsp3) is 0.273. The number of para-hydroxylation sites is 1. The van der Waals surface area contributed by atoms with E-state index < -0.39 is 0 Å². The lowest BCUT2D eigenvalue weighted by molar-refractivity contribution is 0.0735. The van der Waals surface area contributed by atoms with E-state index >= 15 is 0 Å². The molecule has 0 aliphatic heterocycles. The van der Waals surface area contributed by atoms with Crippen molar-refractivity contribution >= 4 is 5.91 Å². The van der Waals surface area contributed by atoms with E-state index in [0.717, 1.165) is 36.1 Å². The van der Waals surface area contributed by atoms with Gasteiger partial charge in [0.25, 0.3) is 5.91 Å². The molecular formula is C22H23N3O. The molecule has 0 unspecified atom stereocenters. The van der Waals surface area contributed by atoms with E-state index in [1.54, 1.807) is 4.90 Å². The number of hydrogen-bond donors (Lipinski definition) is 0. The molecule has 4 heteroatoms. The van der Waals surface area contributed by atoms with Crippen molar-refractivity contribution in [3.8, 4) is 5.69 Å². The van der Waals surface area contributed by atoms with Crippen LogP contribution in [0.5, 0.6) is 0 Å². The lowest BCUT2D eigenvalue weighted by atomic mass is 10.1. The second kappa shape index (κ2) is 6.79. The number of amides is 1. The molecule has 0 saturated heterocycles. The van der Waals surface area contributed by atoms with Gasteiger partial charge in [-0.3, -0.25) is 4.79 Å². The molecule has 0 fully saturated rings. The Morgan fingerprint density at radius 1 is 1.04 bits per heavy atom. The lowest BCUT2D eigenvalue weighted by Crippen LogP contribution is -2.30. The number of fused-ring (bicyclic) bond motifs is 1. The molecule has 4 nitrogen and oxygen atoms in total. The average molecular weight is 345 g/mol. The van der Waals surface area contributed by atoms with Crippen molar-refractivity contribution in [3.63, 3.8) is 0 Å². The molecule has 1 aliphatic rings. The van der Waals surface area contributed by atoms with Gasteiger partial charge in [-0.2, -0.15) is 5.10 Å². The van der Waals surface area contributed by atoms with Crippen molar-refractivity contribution in [2.75, 3.05) is 7.05 Å². The van der Waals surface area contributed by atoms with Crippen molar-refractivity contribution in [3.05, 3.63) is 83.2 Å². The van der Waals surface area contributed by atoms with E-state index in [2.05, 4.69) is 19.1 Å². The van der Waals surface area contributed by atoms with E-state index in [0.29, 0.717) is 5.69 Å². The third-order valence-corrected chi connectivity index (χ3v) is 5.32. The predicted molar refractivity (Wildman–Crippen MR) is 103 cm³/mol.